The number of hydrogen-bond acceptors (Lipinski definition) is 5. The molecule has 0 saturated carbocycles. The second-order valence-corrected chi connectivity index (χ2v) is 8.14. The highest BCUT2D eigenvalue weighted by Crippen LogP contribution is 2.32. The lowest BCUT2D eigenvalue weighted by Gasteiger charge is -2.36. The fourth-order valence-corrected chi connectivity index (χ4v) is 4.14. The van der Waals surface area contributed by atoms with Gasteiger partial charge in [0.25, 0.3) is 0 Å². The van der Waals surface area contributed by atoms with Crippen molar-refractivity contribution in [3.05, 3.63) is 52.1 Å². The first-order chi connectivity index (χ1) is 14.2. The van der Waals surface area contributed by atoms with Gasteiger partial charge in [-0.1, -0.05) is 41.4 Å². The molecule has 154 valence electrons. The van der Waals surface area contributed by atoms with Gasteiger partial charge in [0.15, 0.2) is 0 Å². The predicted molar refractivity (Wildman–Crippen MR) is 122 cm³/mol. The van der Waals surface area contributed by atoms with Crippen LogP contribution < -0.4 is 15.0 Å². The Labute approximate surface area is 182 Å². The largest absolute Gasteiger partial charge is 0.478 e. The van der Waals surface area contributed by atoms with Crippen molar-refractivity contribution in [2.75, 3.05) is 56.1 Å². The van der Waals surface area contributed by atoms with Gasteiger partial charge in [0.2, 0.25) is 5.88 Å². The Morgan fingerprint density at radius 3 is 2.83 bits per heavy atom. The number of ether oxygens (including phenoxy) is 1. The van der Waals surface area contributed by atoms with E-state index in [1.807, 2.05) is 30.5 Å². The number of nitrogens with zero attached hydrogens (tertiary/aromatic N) is 3. The Morgan fingerprint density at radius 2 is 1.97 bits per heavy atom. The highest BCUT2D eigenvalue weighted by atomic mass is 35.5. The number of halogens is 2. The molecular formula is C22H26Cl2N4O. The van der Waals surface area contributed by atoms with Crippen molar-refractivity contribution in [2.24, 2.45) is 0 Å². The summed E-state index contributed by atoms with van der Waals surface area (Å²) < 4.78 is 5.83. The molecule has 0 bridgehead atoms. The van der Waals surface area contributed by atoms with Gasteiger partial charge in [-0.3, -0.25) is 4.90 Å². The number of unbranched alkanes of at least 4 members (excludes halogenated alkanes) is 1. The van der Waals surface area contributed by atoms with E-state index in [0.717, 1.165) is 69.0 Å². The first-order valence-electron chi connectivity index (χ1n) is 10.2. The van der Waals surface area contributed by atoms with E-state index in [-0.39, 0.29) is 0 Å². The summed E-state index contributed by atoms with van der Waals surface area (Å²) in [6, 6.07) is 7.82. The molecule has 0 radical (unpaired) electrons. The molecule has 7 heteroatoms. The van der Waals surface area contributed by atoms with Gasteiger partial charge in [0.05, 0.1) is 22.3 Å². The van der Waals surface area contributed by atoms with Gasteiger partial charge < -0.3 is 15.0 Å². The SMILES string of the molecule is Clc1cccc(N2CCN(CCCCOc3cc4c(cn3)C=CCN4)CC2)c1Cl. The van der Waals surface area contributed by atoms with Crippen LogP contribution in [0.4, 0.5) is 11.4 Å². The van der Waals surface area contributed by atoms with E-state index in [2.05, 4.69) is 32.3 Å². The van der Waals surface area contributed by atoms with Crippen LogP contribution in [0.3, 0.4) is 0 Å². The molecule has 0 amide bonds. The molecule has 29 heavy (non-hydrogen) atoms. The molecule has 0 spiro atoms. The molecule has 4 rings (SSSR count). The second-order valence-electron chi connectivity index (χ2n) is 7.35. The highest BCUT2D eigenvalue weighted by Gasteiger charge is 2.19. The third-order valence-corrected chi connectivity index (χ3v) is 6.19. The molecular weight excluding hydrogens is 407 g/mol. The van der Waals surface area contributed by atoms with Gasteiger partial charge in [0, 0.05) is 56.2 Å². The van der Waals surface area contributed by atoms with Crippen LogP contribution in [0.25, 0.3) is 6.08 Å². The summed E-state index contributed by atoms with van der Waals surface area (Å²) >= 11 is 12.5. The number of hydrogen-bond donors (Lipinski definition) is 1. The number of fused-ring (bicyclic) bond motifs is 1. The Bertz CT molecular complexity index is 866. The molecule has 2 aromatic rings. The summed E-state index contributed by atoms with van der Waals surface area (Å²) in [5, 5.41) is 4.61. The van der Waals surface area contributed by atoms with E-state index in [0.29, 0.717) is 22.5 Å². The zero-order valence-corrected chi connectivity index (χ0v) is 17.9. The van der Waals surface area contributed by atoms with Crippen molar-refractivity contribution in [3.8, 4) is 5.88 Å². The number of pyridine rings is 1. The summed E-state index contributed by atoms with van der Waals surface area (Å²) in [6.07, 6.45) is 8.17. The first kappa shape index (κ1) is 20.3. The van der Waals surface area contributed by atoms with Crippen LogP contribution in [0.5, 0.6) is 5.88 Å². The maximum atomic E-state index is 6.36. The normalized spacial score (nSPS) is 16.4. The third kappa shape index (κ3) is 5.16. The van der Waals surface area contributed by atoms with Gasteiger partial charge in [-0.25, -0.2) is 4.98 Å². The summed E-state index contributed by atoms with van der Waals surface area (Å²) in [4.78, 5) is 9.20. The van der Waals surface area contributed by atoms with E-state index in [4.69, 9.17) is 27.9 Å². The van der Waals surface area contributed by atoms with E-state index >= 15 is 0 Å². The van der Waals surface area contributed by atoms with E-state index < -0.39 is 0 Å². The smallest absolute Gasteiger partial charge is 0.215 e. The minimum Gasteiger partial charge on any atom is -0.478 e. The van der Waals surface area contributed by atoms with Crippen molar-refractivity contribution < 1.29 is 4.74 Å². The van der Waals surface area contributed by atoms with Crippen LogP contribution in [0.15, 0.2) is 36.5 Å². The van der Waals surface area contributed by atoms with Crippen molar-refractivity contribution >= 4 is 40.7 Å². The van der Waals surface area contributed by atoms with Crippen LogP contribution in [0, 0.1) is 0 Å². The number of piperazine rings is 1. The number of aromatic nitrogens is 1. The molecule has 1 fully saturated rings. The Hall–Kier alpha value is -1.95. The van der Waals surface area contributed by atoms with E-state index in [1.54, 1.807) is 0 Å². The maximum absolute atomic E-state index is 6.36. The van der Waals surface area contributed by atoms with Crippen LogP contribution in [0.1, 0.15) is 18.4 Å². The Balaban J connectivity index is 1.15. The van der Waals surface area contributed by atoms with Crippen LogP contribution in [-0.4, -0.2) is 55.8 Å². The monoisotopic (exact) mass is 432 g/mol. The fourth-order valence-electron chi connectivity index (χ4n) is 3.73. The molecule has 0 unspecified atom stereocenters. The van der Waals surface area contributed by atoms with Gasteiger partial charge in [-0.15, -0.1) is 0 Å². The lowest BCUT2D eigenvalue weighted by Crippen LogP contribution is -2.46. The number of rotatable bonds is 7. The fraction of sp³-hybridized carbons (Fsp3) is 0.409. The van der Waals surface area contributed by atoms with Crippen LogP contribution >= 0.6 is 23.2 Å². The maximum Gasteiger partial charge on any atom is 0.215 e. The highest BCUT2D eigenvalue weighted by molar-refractivity contribution is 6.43. The van der Waals surface area contributed by atoms with Crippen LogP contribution in [-0.2, 0) is 0 Å². The van der Waals surface area contributed by atoms with Gasteiger partial charge >= 0.3 is 0 Å². The molecule has 1 saturated heterocycles. The van der Waals surface area contributed by atoms with Crippen molar-refractivity contribution in [3.63, 3.8) is 0 Å². The summed E-state index contributed by atoms with van der Waals surface area (Å²) in [7, 11) is 0. The summed E-state index contributed by atoms with van der Waals surface area (Å²) in [6.45, 7) is 6.65. The van der Waals surface area contributed by atoms with E-state index in [9.17, 15) is 0 Å². The minimum absolute atomic E-state index is 0.618. The molecule has 2 aliphatic heterocycles. The number of nitrogens with one attached hydrogen (secondary N) is 1. The van der Waals surface area contributed by atoms with Gasteiger partial charge in [-0.2, -0.15) is 0 Å². The zero-order valence-electron chi connectivity index (χ0n) is 16.4. The molecule has 1 N–H and O–H groups in total. The van der Waals surface area contributed by atoms with E-state index in [1.165, 1.54) is 0 Å². The molecule has 5 nitrogen and oxygen atoms in total. The molecule has 0 atom stereocenters. The van der Waals surface area contributed by atoms with Gasteiger partial charge in [0.1, 0.15) is 0 Å². The average Bonchev–Trinajstić information content (AvgIpc) is 2.76. The van der Waals surface area contributed by atoms with Crippen LogP contribution in [0.2, 0.25) is 10.0 Å². The zero-order chi connectivity index (χ0) is 20.1. The Kier molecular flexibility index (Phi) is 6.80. The lowest BCUT2D eigenvalue weighted by atomic mass is 10.1. The molecule has 1 aromatic carbocycles. The van der Waals surface area contributed by atoms with Gasteiger partial charge in [-0.05, 0) is 31.5 Å². The standard InChI is InChI=1S/C22H26Cl2N4O/c23-18-6-3-7-20(22(18)24)28-12-10-27(11-13-28)9-1-2-14-29-21-15-19-17(16-26-21)5-4-8-25-19/h3-7,15-16,25H,1-2,8-14H2. The predicted octanol–water partition coefficient (Wildman–Crippen LogP) is 4.81. The molecule has 1 aromatic heterocycles. The summed E-state index contributed by atoms with van der Waals surface area (Å²) in [5.41, 5.74) is 3.24. The Morgan fingerprint density at radius 1 is 1.10 bits per heavy atom. The summed E-state index contributed by atoms with van der Waals surface area (Å²) in [5.74, 6) is 0.693. The first-order valence-corrected chi connectivity index (χ1v) is 10.9. The van der Waals surface area contributed by atoms with Crippen molar-refractivity contribution in [1.82, 2.24) is 9.88 Å². The molecule has 3 heterocycles. The number of benzene rings is 1. The topological polar surface area (TPSA) is 40.6 Å². The minimum atomic E-state index is 0.618. The quantitative estimate of drug-likeness (QED) is 0.635. The third-order valence-electron chi connectivity index (χ3n) is 5.38. The second kappa shape index (κ2) is 9.70. The molecule has 0 aliphatic carbocycles. The number of anilines is 2. The average molecular weight is 433 g/mol. The van der Waals surface area contributed by atoms with Crippen molar-refractivity contribution in [1.29, 1.82) is 0 Å². The lowest BCUT2D eigenvalue weighted by molar-refractivity contribution is 0.236. The molecule has 2 aliphatic rings. The van der Waals surface area contributed by atoms with Crippen molar-refractivity contribution in [2.45, 2.75) is 12.8 Å².